The van der Waals surface area contributed by atoms with E-state index in [-0.39, 0.29) is 37.1 Å². The molecule has 124 valence electrons. The number of ether oxygens (including phenoxy) is 1. The molecule has 6 nitrogen and oxygen atoms in total. The summed E-state index contributed by atoms with van der Waals surface area (Å²) in [6, 6.07) is 9.48. The molecule has 2 aromatic rings. The summed E-state index contributed by atoms with van der Waals surface area (Å²) in [4.78, 5) is 29.3. The van der Waals surface area contributed by atoms with Crippen LogP contribution in [0, 0.1) is 0 Å². The van der Waals surface area contributed by atoms with Crippen molar-refractivity contribution >= 4 is 53.2 Å². The predicted molar refractivity (Wildman–Crippen MR) is 92.1 cm³/mol. The Labute approximate surface area is 145 Å². The number of morpholine rings is 1. The summed E-state index contributed by atoms with van der Waals surface area (Å²) < 4.78 is 5.33. The predicted octanol–water partition coefficient (Wildman–Crippen LogP) is 1.69. The van der Waals surface area contributed by atoms with Crippen LogP contribution < -0.4 is 10.6 Å². The number of fused-ring (bicyclic) bond motifs is 1. The molecule has 1 aliphatic heterocycles. The molecule has 1 atom stereocenters. The summed E-state index contributed by atoms with van der Waals surface area (Å²) in [6.45, 7) is 0.830. The van der Waals surface area contributed by atoms with E-state index in [0.717, 1.165) is 16.6 Å². The molecule has 2 heterocycles. The Hall–Kier alpha value is -1.89. The van der Waals surface area contributed by atoms with Crippen molar-refractivity contribution in [2.24, 2.45) is 5.73 Å². The first kappa shape index (κ1) is 19.2. The number of hydrogen-bond acceptors (Lipinski definition) is 4. The Balaban J connectivity index is 0.00000132. The average molecular weight is 358 g/mol. The molecule has 2 N–H and O–H groups in total. The zero-order valence-corrected chi connectivity index (χ0v) is 13.8. The molecule has 0 spiro atoms. The maximum absolute atomic E-state index is 12.4. The van der Waals surface area contributed by atoms with Crippen LogP contribution >= 0.6 is 24.8 Å². The molecule has 0 aliphatic carbocycles. The summed E-state index contributed by atoms with van der Waals surface area (Å²) in [6.07, 6.45) is 0.820. The van der Waals surface area contributed by atoms with Crippen LogP contribution in [0.25, 0.3) is 10.9 Å². The number of rotatable bonds is 3. The van der Waals surface area contributed by atoms with Gasteiger partial charge in [0, 0.05) is 23.8 Å². The molecular weight excluding hydrogens is 341 g/mol. The molecule has 1 fully saturated rings. The molecule has 1 aromatic carbocycles. The summed E-state index contributed by atoms with van der Waals surface area (Å²) >= 11 is 0. The van der Waals surface area contributed by atoms with Gasteiger partial charge in [0.15, 0.2) is 0 Å². The van der Waals surface area contributed by atoms with E-state index in [1.165, 1.54) is 0 Å². The van der Waals surface area contributed by atoms with E-state index < -0.39 is 12.0 Å². The zero-order valence-electron chi connectivity index (χ0n) is 12.2. The van der Waals surface area contributed by atoms with Gasteiger partial charge in [-0.15, -0.1) is 24.8 Å². The molecule has 8 heteroatoms. The van der Waals surface area contributed by atoms with E-state index in [1.54, 1.807) is 11.1 Å². The Morgan fingerprint density at radius 2 is 2.13 bits per heavy atom. The number of primary amides is 1. The summed E-state index contributed by atoms with van der Waals surface area (Å²) in [5, 5.41) is 1.01. The third-order valence-corrected chi connectivity index (χ3v) is 3.46. The van der Waals surface area contributed by atoms with E-state index in [2.05, 4.69) is 4.98 Å². The lowest BCUT2D eigenvalue weighted by Crippen LogP contribution is -2.49. The van der Waals surface area contributed by atoms with Crippen LogP contribution in [0.3, 0.4) is 0 Å². The molecule has 3 rings (SSSR count). The number of carbonyl (C=O) groups excluding carboxylic acids is 2. The van der Waals surface area contributed by atoms with Crippen molar-refractivity contribution in [3.8, 4) is 0 Å². The van der Waals surface area contributed by atoms with Gasteiger partial charge >= 0.3 is 0 Å². The van der Waals surface area contributed by atoms with Crippen molar-refractivity contribution in [1.82, 2.24) is 4.98 Å². The number of anilines is 1. The van der Waals surface area contributed by atoms with E-state index >= 15 is 0 Å². The SMILES string of the molecule is Cl.Cl.NC(=O)C[C@H]1OCCN(c2ccc3cccnc3c2)C1=O. The number of nitrogens with zero attached hydrogens (tertiary/aromatic N) is 2. The molecule has 1 saturated heterocycles. The Morgan fingerprint density at radius 3 is 2.87 bits per heavy atom. The van der Waals surface area contributed by atoms with Gasteiger partial charge in [-0.3, -0.25) is 14.6 Å². The summed E-state index contributed by atoms with van der Waals surface area (Å²) in [5.41, 5.74) is 6.72. The van der Waals surface area contributed by atoms with Crippen LogP contribution in [-0.4, -0.2) is 36.1 Å². The lowest BCUT2D eigenvalue weighted by molar-refractivity contribution is -0.138. The third-order valence-electron chi connectivity index (χ3n) is 3.46. The minimum atomic E-state index is -0.796. The van der Waals surface area contributed by atoms with Crippen molar-refractivity contribution < 1.29 is 14.3 Å². The minimum absolute atomic E-state index is 0. The highest BCUT2D eigenvalue weighted by Crippen LogP contribution is 2.23. The van der Waals surface area contributed by atoms with Crippen molar-refractivity contribution in [3.05, 3.63) is 36.5 Å². The van der Waals surface area contributed by atoms with Crippen LogP contribution in [0.4, 0.5) is 5.69 Å². The molecule has 2 amide bonds. The molecule has 0 unspecified atom stereocenters. The minimum Gasteiger partial charge on any atom is -0.370 e. The number of nitrogens with two attached hydrogens (primary N) is 1. The average Bonchev–Trinajstić information content (AvgIpc) is 2.48. The van der Waals surface area contributed by atoms with E-state index in [9.17, 15) is 9.59 Å². The van der Waals surface area contributed by atoms with Gasteiger partial charge in [-0.25, -0.2) is 0 Å². The molecule has 1 aromatic heterocycles. The standard InChI is InChI=1S/C15H15N3O3.2ClH/c16-14(19)9-13-15(20)18(6-7-21-13)11-4-3-10-2-1-5-17-12(10)8-11;;/h1-5,8,13H,6-7,9H2,(H2,16,19);2*1H/t13-;;/m1../s1. The van der Waals surface area contributed by atoms with Crippen LogP contribution in [-0.2, 0) is 14.3 Å². The Bertz CT molecular complexity index is 711. The van der Waals surface area contributed by atoms with E-state index in [0.29, 0.717) is 13.2 Å². The maximum Gasteiger partial charge on any atom is 0.256 e. The van der Waals surface area contributed by atoms with Crippen molar-refractivity contribution in [2.75, 3.05) is 18.1 Å². The Kier molecular flexibility index (Phi) is 6.75. The van der Waals surface area contributed by atoms with Gasteiger partial charge in [-0.1, -0.05) is 12.1 Å². The highest BCUT2D eigenvalue weighted by molar-refractivity contribution is 6.00. The lowest BCUT2D eigenvalue weighted by atomic mass is 10.1. The van der Waals surface area contributed by atoms with Gasteiger partial charge in [-0.2, -0.15) is 0 Å². The van der Waals surface area contributed by atoms with Crippen LogP contribution in [0.2, 0.25) is 0 Å². The van der Waals surface area contributed by atoms with Gasteiger partial charge in [0.1, 0.15) is 6.10 Å². The smallest absolute Gasteiger partial charge is 0.256 e. The second-order valence-corrected chi connectivity index (χ2v) is 4.90. The second-order valence-electron chi connectivity index (χ2n) is 4.90. The lowest BCUT2D eigenvalue weighted by Gasteiger charge is -2.32. The van der Waals surface area contributed by atoms with Gasteiger partial charge in [0.05, 0.1) is 18.5 Å². The zero-order chi connectivity index (χ0) is 14.8. The van der Waals surface area contributed by atoms with Crippen LogP contribution in [0.1, 0.15) is 6.42 Å². The molecule has 0 radical (unpaired) electrons. The number of amides is 2. The molecule has 23 heavy (non-hydrogen) atoms. The third kappa shape index (κ3) is 4.10. The number of halogens is 2. The topological polar surface area (TPSA) is 85.5 Å². The highest BCUT2D eigenvalue weighted by Gasteiger charge is 2.31. The largest absolute Gasteiger partial charge is 0.370 e. The number of pyridine rings is 1. The van der Waals surface area contributed by atoms with Crippen molar-refractivity contribution in [1.29, 1.82) is 0 Å². The monoisotopic (exact) mass is 357 g/mol. The van der Waals surface area contributed by atoms with Crippen molar-refractivity contribution in [2.45, 2.75) is 12.5 Å². The maximum atomic E-state index is 12.4. The molecule has 0 bridgehead atoms. The van der Waals surface area contributed by atoms with Crippen molar-refractivity contribution in [3.63, 3.8) is 0 Å². The number of carbonyl (C=O) groups is 2. The fraction of sp³-hybridized carbons (Fsp3) is 0.267. The van der Waals surface area contributed by atoms with E-state index in [4.69, 9.17) is 10.5 Å². The van der Waals surface area contributed by atoms with Crippen LogP contribution in [0.15, 0.2) is 36.5 Å². The molecule has 1 aliphatic rings. The quantitative estimate of drug-likeness (QED) is 0.905. The van der Waals surface area contributed by atoms with Gasteiger partial charge in [0.25, 0.3) is 5.91 Å². The molecule has 0 saturated carbocycles. The number of hydrogen-bond donors (Lipinski definition) is 1. The van der Waals surface area contributed by atoms with E-state index in [1.807, 2.05) is 30.3 Å². The first-order chi connectivity index (χ1) is 10.1. The fourth-order valence-electron chi connectivity index (χ4n) is 2.45. The molecular formula is C15H17Cl2N3O3. The second kappa shape index (κ2) is 8.10. The number of benzene rings is 1. The van der Waals surface area contributed by atoms with Gasteiger partial charge in [-0.05, 0) is 18.2 Å². The van der Waals surface area contributed by atoms with Gasteiger partial charge < -0.3 is 15.4 Å². The normalized spacial score (nSPS) is 17.3. The highest BCUT2D eigenvalue weighted by atomic mass is 35.5. The van der Waals surface area contributed by atoms with Crippen LogP contribution in [0.5, 0.6) is 0 Å². The fourth-order valence-corrected chi connectivity index (χ4v) is 2.45. The summed E-state index contributed by atoms with van der Waals surface area (Å²) in [5.74, 6) is -0.786. The Morgan fingerprint density at radius 1 is 1.35 bits per heavy atom. The first-order valence-electron chi connectivity index (χ1n) is 6.71. The van der Waals surface area contributed by atoms with Gasteiger partial charge in [0.2, 0.25) is 5.91 Å². The summed E-state index contributed by atoms with van der Waals surface area (Å²) in [7, 11) is 0. The number of aromatic nitrogens is 1. The first-order valence-corrected chi connectivity index (χ1v) is 6.71.